The number of rotatable bonds is 26. The Balaban J connectivity index is 4.44. The number of aliphatic hydroxyl groups is 1. The second kappa shape index (κ2) is 24.3. The van der Waals surface area contributed by atoms with Crippen LogP contribution >= 0.6 is 7.82 Å². The summed E-state index contributed by atoms with van der Waals surface area (Å²) in [6, 6.07) is -0.846. The Kier molecular flexibility index (Phi) is 23.6. The number of aliphatic hydroxyl groups excluding tert-OH is 1. The predicted molar refractivity (Wildman–Crippen MR) is 166 cm³/mol. The van der Waals surface area contributed by atoms with Crippen LogP contribution in [0, 0.1) is 0 Å². The van der Waals surface area contributed by atoms with Crippen LogP contribution in [0.4, 0.5) is 0 Å². The molecular formula is C31H60N2O6P+. The van der Waals surface area contributed by atoms with Crippen LogP contribution in [0.25, 0.3) is 0 Å². The summed E-state index contributed by atoms with van der Waals surface area (Å²) in [5.41, 5.74) is 0. The van der Waals surface area contributed by atoms with Crippen molar-refractivity contribution < 1.29 is 32.9 Å². The molecule has 9 heteroatoms. The molecule has 0 aliphatic heterocycles. The molecule has 3 unspecified atom stereocenters. The molecule has 3 N–H and O–H groups in total. The summed E-state index contributed by atoms with van der Waals surface area (Å²) in [6.07, 6.45) is 25.4. The molecule has 0 fully saturated rings. The second-order valence-electron chi connectivity index (χ2n) is 11.5. The first-order valence-corrected chi connectivity index (χ1v) is 16.9. The van der Waals surface area contributed by atoms with Gasteiger partial charge in [-0.1, -0.05) is 95.2 Å². The van der Waals surface area contributed by atoms with Gasteiger partial charge in [0.1, 0.15) is 13.2 Å². The molecule has 0 rings (SSSR count). The Hall–Kier alpha value is -1.28. The van der Waals surface area contributed by atoms with Crippen molar-refractivity contribution in [3.8, 4) is 0 Å². The molecule has 1 amide bonds. The van der Waals surface area contributed by atoms with Crippen molar-refractivity contribution >= 4 is 13.7 Å². The Morgan fingerprint density at radius 2 is 1.43 bits per heavy atom. The van der Waals surface area contributed by atoms with Gasteiger partial charge >= 0.3 is 7.82 Å². The predicted octanol–water partition coefficient (Wildman–Crippen LogP) is 6.84. The summed E-state index contributed by atoms with van der Waals surface area (Å²) in [5.74, 6) is -0.205. The molecule has 0 spiro atoms. The van der Waals surface area contributed by atoms with Crippen LogP contribution in [0.3, 0.4) is 0 Å². The van der Waals surface area contributed by atoms with E-state index in [4.69, 9.17) is 9.05 Å². The first-order chi connectivity index (χ1) is 19.0. The number of phosphoric acid groups is 1. The van der Waals surface area contributed by atoms with Gasteiger partial charge in [-0.15, -0.1) is 0 Å². The van der Waals surface area contributed by atoms with Crippen LogP contribution < -0.4 is 5.32 Å². The fraction of sp³-hybridized carbons (Fsp3) is 0.774. The SMILES string of the molecule is CCCC/C=C\C/C=C\CCCCCCCC(=O)NC(COP(=O)(O)OCC[N+](C)(C)C)C(O)/C=C/CCCC. The third-order valence-corrected chi connectivity index (χ3v) is 7.34. The van der Waals surface area contributed by atoms with E-state index in [-0.39, 0.29) is 19.1 Å². The third-order valence-electron chi connectivity index (χ3n) is 6.35. The van der Waals surface area contributed by atoms with Crippen molar-refractivity contribution in [1.29, 1.82) is 0 Å². The first-order valence-electron chi connectivity index (χ1n) is 15.4. The Bertz CT molecular complexity index is 763. The topological polar surface area (TPSA) is 105 Å². The van der Waals surface area contributed by atoms with E-state index < -0.39 is 20.0 Å². The number of hydrogen-bond donors (Lipinski definition) is 3. The summed E-state index contributed by atoms with van der Waals surface area (Å²) < 4.78 is 23.1. The van der Waals surface area contributed by atoms with Crippen molar-refractivity contribution in [2.24, 2.45) is 0 Å². The molecule has 0 saturated heterocycles. The van der Waals surface area contributed by atoms with Crippen molar-refractivity contribution in [3.63, 3.8) is 0 Å². The highest BCUT2D eigenvalue weighted by molar-refractivity contribution is 7.47. The third kappa shape index (κ3) is 25.7. The van der Waals surface area contributed by atoms with E-state index >= 15 is 0 Å². The maximum atomic E-state index is 12.6. The molecule has 234 valence electrons. The van der Waals surface area contributed by atoms with E-state index in [1.807, 2.05) is 27.2 Å². The van der Waals surface area contributed by atoms with E-state index in [1.165, 1.54) is 19.3 Å². The average molecular weight is 588 g/mol. The molecule has 0 aromatic heterocycles. The number of quaternary nitrogens is 1. The van der Waals surface area contributed by atoms with Crippen LogP contribution in [0.2, 0.25) is 0 Å². The molecule has 3 atom stereocenters. The summed E-state index contributed by atoms with van der Waals surface area (Å²) in [7, 11) is 1.54. The highest BCUT2D eigenvalue weighted by Gasteiger charge is 2.27. The van der Waals surface area contributed by atoms with E-state index in [0.29, 0.717) is 17.4 Å². The molecule has 8 nitrogen and oxygen atoms in total. The molecule has 0 aromatic rings. The smallest absolute Gasteiger partial charge is 0.387 e. The Morgan fingerprint density at radius 3 is 2.05 bits per heavy atom. The largest absolute Gasteiger partial charge is 0.472 e. The first kappa shape index (κ1) is 38.7. The second-order valence-corrected chi connectivity index (χ2v) is 12.9. The van der Waals surface area contributed by atoms with Crippen molar-refractivity contribution in [2.75, 3.05) is 40.9 Å². The van der Waals surface area contributed by atoms with Crippen molar-refractivity contribution in [1.82, 2.24) is 5.32 Å². The summed E-state index contributed by atoms with van der Waals surface area (Å²) in [6.45, 7) is 4.56. The minimum atomic E-state index is -4.31. The fourth-order valence-corrected chi connectivity index (χ4v) is 4.48. The van der Waals surface area contributed by atoms with Gasteiger partial charge in [-0.2, -0.15) is 0 Å². The Labute approximate surface area is 245 Å². The molecule has 40 heavy (non-hydrogen) atoms. The van der Waals surface area contributed by atoms with Gasteiger partial charge in [-0.3, -0.25) is 13.8 Å². The number of carbonyl (C=O) groups excluding carboxylic acids is 1. The number of unbranched alkanes of at least 4 members (excludes halogenated alkanes) is 9. The van der Waals surface area contributed by atoms with Gasteiger partial charge < -0.3 is 19.8 Å². The van der Waals surface area contributed by atoms with Gasteiger partial charge in [0.2, 0.25) is 5.91 Å². The standard InChI is InChI=1S/C31H59N2O6P/c1-6-8-10-12-13-14-15-16-17-18-19-20-21-23-25-31(35)32-29(30(34)24-22-11-9-7-2)28-39-40(36,37)38-27-26-33(3,4)5/h12-13,15-16,22,24,29-30,34H,6-11,14,17-21,23,25-28H2,1-5H3,(H-,32,35,36,37)/p+1/b13-12-,16-15-,24-22+. The number of hydrogen-bond acceptors (Lipinski definition) is 5. The summed E-state index contributed by atoms with van der Waals surface area (Å²) in [4.78, 5) is 22.6. The molecule has 0 bridgehead atoms. The highest BCUT2D eigenvalue weighted by Crippen LogP contribution is 2.43. The van der Waals surface area contributed by atoms with E-state index in [2.05, 4.69) is 43.5 Å². The molecular weight excluding hydrogens is 527 g/mol. The van der Waals surface area contributed by atoms with Gasteiger partial charge in [0.25, 0.3) is 0 Å². The molecule has 0 heterocycles. The summed E-state index contributed by atoms with van der Waals surface area (Å²) >= 11 is 0. The van der Waals surface area contributed by atoms with Gasteiger partial charge in [0.05, 0.1) is 39.9 Å². The van der Waals surface area contributed by atoms with Crippen LogP contribution in [0.15, 0.2) is 36.5 Å². The Morgan fingerprint density at radius 1 is 0.850 bits per heavy atom. The zero-order valence-corrected chi connectivity index (χ0v) is 27.0. The number of carbonyl (C=O) groups is 1. The van der Waals surface area contributed by atoms with Crippen LogP contribution in [-0.2, 0) is 18.4 Å². The fourth-order valence-electron chi connectivity index (χ4n) is 3.74. The minimum absolute atomic E-state index is 0.0561. The lowest BCUT2D eigenvalue weighted by Gasteiger charge is -2.25. The van der Waals surface area contributed by atoms with Crippen molar-refractivity contribution in [2.45, 2.75) is 116 Å². The van der Waals surface area contributed by atoms with Gasteiger partial charge in [0.15, 0.2) is 0 Å². The molecule has 0 saturated carbocycles. The van der Waals surface area contributed by atoms with Crippen LogP contribution in [0.5, 0.6) is 0 Å². The number of phosphoric ester groups is 1. The van der Waals surface area contributed by atoms with Gasteiger partial charge in [-0.05, 0) is 38.5 Å². The number of nitrogens with one attached hydrogen (secondary N) is 1. The lowest BCUT2D eigenvalue weighted by molar-refractivity contribution is -0.870. The maximum absolute atomic E-state index is 12.6. The van der Waals surface area contributed by atoms with E-state index in [0.717, 1.165) is 64.2 Å². The normalized spacial score (nSPS) is 15.7. The lowest BCUT2D eigenvalue weighted by Crippen LogP contribution is -2.45. The zero-order chi connectivity index (χ0) is 30.1. The maximum Gasteiger partial charge on any atom is 0.472 e. The number of nitrogens with zero attached hydrogens (tertiary/aromatic N) is 1. The average Bonchev–Trinajstić information content (AvgIpc) is 2.88. The quantitative estimate of drug-likeness (QED) is 0.0443. The number of amides is 1. The molecule has 0 aliphatic rings. The van der Waals surface area contributed by atoms with E-state index in [1.54, 1.807) is 6.08 Å². The molecule has 0 aliphatic carbocycles. The lowest BCUT2D eigenvalue weighted by atomic mass is 10.1. The molecule has 0 radical (unpaired) electrons. The zero-order valence-electron chi connectivity index (χ0n) is 26.1. The highest BCUT2D eigenvalue weighted by atomic mass is 31.2. The number of allylic oxidation sites excluding steroid dienone is 5. The summed E-state index contributed by atoms with van der Waals surface area (Å²) in [5, 5.41) is 13.4. The van der Waals surface area contributed by atoms with Crippen LogP contribution in [-0.4, -0.2) is 73.4 Å². The van der Waals surface area contributed by atoms with Crippen molar-refractivity contribution in [3.05, 3.63) is 36.5 Å². The van der Waals surface area contributed by atoms with Gasteiger partial charge in [0, 0.05) is 6.42 Å². The van der Waals surface area contributed by atoms with E-state index in [9.17, 15) is 19.4 Å². The van der Waals surface area contributed by atoms with Crippen LogP contribution in [0.1, 0.15) is 104 Å². The monoisotopic (exact) mass is 587 g/mol. The van der Waals surface area contributed by atoms with Gasteiger partial charge in [-0.25, -0.2) is 4.57 Å². The molecule has 0 aromatic carbocycles. The number of likely N-dealkylation sites (N-methyl/N-ethyl adjacent to an activating group) is 1. The minimum Gasteiger partial charge on any atom is -0.387 e.